The molecule has 0 bridgehead atoms. The molecule has 0 amide bonds. The number of hydrogen-bond donors (Lipinski definition) is 3. The molecule has 24 heavy (non-hydrogen) atoms. The van der Waals surface area contributed by atoms with Crippen molar-refractivity contribution in [2.24, 2.45) is 5.92 Å². The van der Waals surface area contributed by atoms with E-state index in [0.29, 0.717) is 46.2 Å². The van der Waals surface area contributed by atoms with Gasteiger partial charge < -0.3 is 29.5 Å². The van der Waals surface area contributed by atoms with Crippen LogP contribution in [0, 0.1) is 5.92 Å². The van der Waals surface area contributed by atoms with E-state index in [4.69, 9.17) is 29.5 Å². The molecule has 0 aliphatic carbocycles. The van der Waals surface area contributed by atoms with Crippen molar-refractivity contribution in [3.63, 3.8) is 0 Å². The average molecular weight is 353 g/mol. The Hall–Kier alpha value is -0.240. The summed E-state index contributed by atoms with van der Waals surface area (Å²) < 4.78 is 15.0. The van der Waals surface area contributed by atoms with Crippen LogP contribution < -0.4 is 0 Å². The second kappa shape index (κ2) is 25.0. The Kier molecular flexibility index (Phi) is 27.1. The van der Waals surface area contributed by atoms with Crippen LogP contribution in [0.25, 0.3) is 0 Å². The lowest BCUT2D eigenvalue weighted by atomic mass is 10.0. The van der Waals surface area contributed by atoms with Crippen LogP contribution >= 0.6 is 0 Å². The third-order valence-electron chi connectivity index (χ3n) is 3.15. The summed E-state index contributed by atoms with van der Waals surface area (Å²) in [6.07, 6.45) is 7.56. The van der Waals surface area contributed by atoms with Gasteiger partial charge in [-0.05, 0) is 12.3 Å². The Bertz CT molecular complexity index is 192. The van der Waals surface area contributed by atoms with Crippen LogP contribution in [0.1, 0.15) is 52.4 Å². The molecule has 148 valence electrons. The molecule has 0 aromatic carbocycles. The average Bonchev–Trinajstić information content (AvgIpc) is 2.57. The summed E-state index contributed by atoms with van der Waals surface area (Å²) in [6.45, 7) is 7.67. The predicted octanol–water partition coefficient (Wildman–Crippen LogP) is 2.00. The molecule has 0 saturated carbocycles. The van der Waals surface area contributed by atoms with Crippen molar-refractivity contribution in [2.45, 2.75) is 52.4 Å². The Morgan fingerprint density at radius 3 is 1.38 bits per heavy atom. The molecule has 0 aliphatic heterocycles. The first-order valence-corrected chi connectivity index (χ1v) is 9.24. The zero-order valence-corrected chi connectivity index (χ0v) is 15.8. The van der Waals surface area contributed by atoms with Gasteiger partial charge in [0.1, 0.15) is 0 Å². The molecule has 3 N–H and O–H groups in total. The fraction of sp³-hybridized carbons (Fsp3) is 1.00. The SMILES string of the molecule is CC(C)CCCCCCCO.OCCOCCOCCOCCO. The highest BCUT2D eigenvalue weighted by atomic mass is 16.5. The maximum atomic E-state index is 8.51. The van der Waals surface area contributed by atoms with Gasteiger partial charge in [0.05, 0.1) is 52.9 Å². The van der Waals surface area contributed by atoms with Crippen LogP contribution in [-0.4, -0.2) is 74.8 Å². The van der Waals surface area contributed by atoms with Gasteiger partial charge in [0.15, 0.2) is 0 Å². The molecular weight excluding hydrogens is 312 g/mol. The lowest BCUT2D eigenvalue weighted by molar-refractivity contribution is 0.00230. The van der Waals surface area contributed by atoms with Gasteiger partial charge in [-0.3, -0.25) is 0 Å². The molecule has 0 aromatic heterocycles. The van der Waals surface area contributed by atoms with Gasteiger partial charge in [-0.2, -0.15) is 0 Å². The van der Waals surface area contributed by atoms with Gasteiger partial charge in [-0.25, -0.2) is 0 Å². The molecule has 0 spiro atoms. The van der Waals surface area contributed by atoms with Crippen molar-refractivity contribution in [1.29, 1.82) is 0 Å². The lowest BCUT2D eigenvalue weighted by Crippen LogP contribution is -2.11. The highest BCUT2D eigenvalue weighted by Crippen LogP contribution is 2.09. The monoisotopic (exact) mass is 352 g/mol. The molecule has 0 aromatic rings. The first-order chi connectivity index (χ1) is 11.7. The third kappa shape index (κ3) is 29.7. The molecule has 0 atom stereocenters. The molecule has 0 saturated heterocycles. The van der Waals surface area contributed by atoms with Crippen molar-refractivity contribution in [2.75, 3.05) is 59.5 Å². The standard InChI is InChI=1S/C10H22O.C8H18O5/c1-10(2)8-6-4-3-5-7-9-11;9-1-3-11-5-7-13-8-6-12-4-2-10/h10-11H,3-9H2,1-2H3;9-10H,1-8H2. The summed E-state index contributed by atoms with van der Waals surface area (Å²) >= 11 is 0. The Morgan fingerprint density at radius 2 is 0.958 bits per heavy atom. The van der Waals surface area contributed by atoms with Gasteiger partial charge in [0.2, 0.25) is 0 Å². The largest absolute Gasteiger partial charge is 0.396 e. The fourth-order valence-electron chi connectivity index (χ4n) is 1.87. The molecule has 0 radical (unpaired) electrons. The zero-order chi connectivity index (χ0) is 18.3. The number of aliphatic hydroxyl groups is 3. The van der Waals surface area contributed by atoms with Crippen LogP contribution in [0.2, 0.25) is 0 Å². The minimum Gasteiger partial charge on any atom is -0.396 e. The van der Waals surface area contributed by atoms with Crippen LogP contribution in [0.5, 0.6) is 0 Å². The molecule has 0 fully saturated rings. The molecule has 6 heteroatoms. The topological polar surface area (TPSA) is 88.4 Å². The van der Waals surface area contributed by atoms with Gasteiger partial charge in [-0.1, -0.05) is 46.0 Å². The first kappa shape index (κ1) is 26.0. The van der Waals surface area contributed by atoms with E-state index in [1.807, 2.05) is 0 Å². The Morgan fingerprint density at radius 1 is 0.542 bits per heavy atom. The molecule has 0 heterocycles. The molecular formula is C18H40O6. The molecule has 6 nitrogen and oxygen atoms in total. The molecule has 0 rings (SSSR count). The van der Waals surface area contributed by atoms with Gasteiger partial charge in [0, 0.05) is 6.61 Å². The predicted molar refractivity (Wildman–Crippen MR) is 96.3 cm³/mol. The minimum absolute atomic E-state index is 0.0413. The van der Waals surface area contributed by atoms with Gasteiger partial charge in [0.25, 0.3) is 0 Å². The number of aliphatic hydroxyl groups excluding tert-OH is 3. The first-order valence-electron chi connectivity index (χ1n) is 9.24. The van der Waals surface area contributed by atoms with Crippen LogP contribution in [-0.2, 0) is 14.2 Å². The van der Waals surface area contributed by atoms with Crippen molar-refractivity contribution < 1.29 is 29.5 Å². The van der Waals surface area contributed by atoms with Crippen LogP contribution in [0.3, 0.4) is 0 Å². The maximum absolute atomic E-state index is 8.51. The highest BCUT2D eigenvalue weighted by molar-refractivity contribution is 4.47. The number of rotatable bonds is 17. The number of hydrogen-bond acceptors (Lipinski definition) is 6. The van der Waals surface area contributed by atoms with Crippen molar-refractivity contribution >= 4 is 0 Å². The van der Waals surface area contributed by atoms with E-state index in [0.717, 1.165) is 12.3 Å². The number of unbranched alkanes of at least 4 members (excludes halogenated alkanes) is 4. The third-order valence-corrected chi connectivity index (χ3v) is 3.15. The van der Waals surface area contributed by atoms with Crippen LogP contribution in [0.4, 0.5) is 0 Å². The highest BCUT2D eigenvalue weighted by Gasteiger charge is 1.93. The Balaban J connectivity index is 0. The summed E-state index contributed by atoms with van der Waals surface area (Å²) in [5.74, 6) is 0.854. The van der Waals surface area contributed by atoms with Crippen molar-refractivity contribution in [1.82, 2.24) is 0 Å². The van der Waals surface area contributed by atoms with Gasteiger partial charge in [-0.15, -0.1) is 0 Å². The lowest BCUT2D eigenvalue weighted by Gasteiger charge is -2.04. The van der Waals surface area contributed by atoms with Crippen molar-refractivity contribution in [3.8, 4) is 0 Å². The molecule has 0 unspecified atom stereocenters. The van der Waals surface area contributed by atoms with E-state index < -0.39 is 0 Å². The van der Waals surface area contributed by atoms with E-state index in [2.05, 4.69) is 13.8 Å². The van der Waals surface area contributed by atoms with Crippen molar-refractivity contribution in [3.05, 3.63) is 0 Å². The van der Waals surface area contributed by atoms with E-state index in [1.54, 1.807) is 0 Å². The second-order valence-corrected chi connectivity index (χ2v) is 5.96. The molecule has 0 aliphatic rings. The minimum atomic E-state index is 0.0413. The van der Waals surface area contributed by atoms with E-state index in [9.17, 15) is 0 Å². The number of ether oxygens (including phenoxy) is 3. The van der Waals surface area contributed by atoms with E-state index in [1.165, 1.54) is 32.1 Å². The quantitative estimate of drug-likeness (QED) is 0.347. The second-order valence-electron chi connectivity index (χ2n) is 5.96. The van der Waals surface area contributed by atoms with Gasteiger partial charge >= 0.3 is 0 Å². The summed E-state index contributed by atoms with van der Waals surface area (Å²) in [6, 6.07) is 0. The zero-order valence-electron chi connectivity index (χ0n) is 15.8. The summed E-state index contributed by atoms with van der Waals surface area (Å²) in [5.41, 5.74) is 0. The van der Waals surface area contributed by atoms with E-state index >= 15 is 0 Å². The smallest absolute Gasteiger partial charge is 0.0701 e. The van der Waals surface area contributed by atoms with E-state index in [-0.39, 0.29) is 13.2 Å². The fourth-order valence-corrected chi connectivity index (χ4v) is 1.87. The normalized spacial score (nSPS) is 10.8. The summed E-state index contributed by atoms with van der Waals surface area (Å²) in [7, 11) is 0. The maximum Gasteiger partial charge on any atom is 0.0701 e. The van der Waals surface area contributed by atoms with Crippen LogP contribution in [0.15, 0.2) is 0 Å². The summed E-state index contributed by atoms with van der Waals surface area (Å²) in [4.78, 5) is 0. The summed E-state index contributed by atoms with van der Waals surface area (Å²) in [5, 5.41) is 25.2. The Labute approximate surface area is 148 Å².